The minimum absolute atomic E-state index is 0.0476. The molecule has 2 heterocycles. The Morgan fingerprint density at radius 1 is 0.260 bits per heavy atom. The minimum atomic E-state index is 0.0476. The summed E-state index contributed by atoms with van der Waals surface area (Å²) in [6, 6.07) is 139. The first-order valence-corrected chi connectivity index (χ1v) is 34.5. The quantitative estimate of drug-likeness (QED) is 0.102. The zero-order chi connectivity index (χ0) is 66.3. The van der Waals surface area contributed by atoms with E-state index in [2.05, 4.69) is 420 Å². The molecule has 1 aliphatic carbocycles. The van der Waals surface area contributed by atoms with Crippen LogP contribution in [0.4, 0.5) is 45.5 Å². The number of aromatic nitrogens is 1. The number of rotatable bonds is 15. The van der Waals surface area contributed by atoms with Gasteiger partial charge in [-0.05, 0) is 182 Å². The lowest BCUT2D eigenvalue weighted by atomic mass is 9.86. The molecular formula is C96H68N4. The Bertz CT molecular complexity index is 5660. The van der Waals surface area contributed by atoms with Gasteiger partial charge in [0, 0.05) is 73.3 Å². The molecule has 0 radical (unpaired) electrons. The van der Waals surface area contributed by atoms with Crippen molar-refractivity contribution in [3.05, 3.63) is 412 Å². The first-order valence-electron chi connectivity index (χ1n) is 34.5. The van der Waals surface area contributed by atoms with Crippen LogP contribution in [0.3, 0.4) is 0 Å². The molecule has 4 nitrogen and oxygen atoms in total. The van der Waals surface area contributed by atoms with Crippen LogP contribution in [0.25, 0.3) is 99.8 Å². The van der Waals surface area contributed by atoms with Gasteiger partial charge < -0.3 is 19.3 Å². The van der Waals surface area contributed by atoms with Crippen LogP contribution in [0.15, 0.2) is 400 Å². The summed E-state index contributed by atoms with van der Waals surface area (Å²) in [5.74, 6) is 0.178. The van der Waals surface area contributed by atoms with Crippen LogP contribution in [-0.4, -0.2) is 10.6 Å². The predicted octanol–water partition coefficient (Wildman–Crippen LogP) is 26.0. The number of allylic oxidation sites excluding steroid dienone is 2. The van der Waals surface area contributed by atoms with Gasteiger partial charge in [0.1, 0.15) is 0 Å². The van der Waals surface area contributed by atoms with Crippen molar-refractivity contribution < 1.29 is 0 Å². The number of fused-ring (bicyclic) bond motifs is 6. The maximum Gasteiger partial charge on any atom is 0.0635 e. The molecule has 4 heteroatoms. The summed E-state index contributed by atoms with van der Waals surface area (Å²) in [4.78, 5) is 7.35. The van der Waals surface area contributed by atoms with Gasteiger partial charge in [-0.1, -0.05) is 291 Å². The number of nitrogens with zero attached hydrogens (tertiary/aromatic N) is 4. The summed E-state index contributed by atoms with van der Waals surface area (Å²) >= 11 is 0. The van der Waals surface area contributed by atoms with E-state index in [0.29, 0.717) is 0 Å². The molecule has 472 valence electrons. The van der Waals surface area contributed by atoms with E-state index in [-0.39, 0.29) is 12.0 Å². The topological polar surface area (TPSA) is 14.7 Å². The van der Waals surface area contributed by atoms with E-state index in [1.165, 1.54) is 83.3 Å². The lowest BCUT2D eigenvalue weighted by molar-refractivity contribution is 0.747. The molecule has 1 aromatic heterocycles. The molecule has 0 spiro atoms. The Morgan fingerprint density at radius 3 is 1.34 bits per heavy atom. The van der Waals surface area contributed by atoms with E-state index in [4.69, 9.17) is 0 Å². The van der Waals surface area contributed by atoms with Crippen molar-refractivity contribution in [1.82, 2.24) is 4.57 Å². The lowest BCUT2D eigenvalue weighted by Crippen LogP contribution is -2.29. The second-order valence-electron chi connectivity index (χ2n) is 26.0. The molecule has 0 saturated carbocycles. The summed E-state index contributed by atoms with van der Waals surface area (Å²) in [6.45, 7) is 0. The molecule has 16 aromatic rings. The highest BCUT2D eigenvalue weighted by atomic mass is 15.2. The van der Waals surface area contributed by atoms with Crippen LogP contribution in [0.2, 0.25) is 0 Å². The highest BCUT2D eigenvalue weighted by molar-refractivity contribution is 6.09. The first kappa shape index (κ1) is 59.5. The predicted molar refractivity (Wildman–Crippen MR) is 421 cm³/mol. The van der Waals surface area contributed by atoms with Gasteiger partial charge in [-0.3, -0.25) is 0 Å². The second-order valence-corrected chi connectivity index (χ2v) is 26.0. The molecule has 0 saturated heterocycles. The molecule has 15 aromatic carbocycles. The summed E-state index contributed by atoms with van der Waals surface area (Å²) in [5.41, 5.74) is 30.3. The molecule has 18 rings (SSSR count). The molecule has 1 aliphatic heterocycles. The fraction of sp³-hybridized carbons (Fsp3) is 0.0208. The third-order valence-electron chi connectivity index (χ3n) is 20.1. The smallest absolute Gasteiger partial charge is 0.0635 e. The highest BCUT2D eigenvalue weighted by Gasteiger charge is 2.39. The van der Waals surface area contributed by atoms with Gasteiger partial charge in [-0.2, -0.15) is 0 Å². The highest BCUT2D eigenvalue weighted by Crippen LogP contribution is 2.52. The van der Waals surface area contributed by atoms with E-state index < -0.39 is 0 Å². The zero-order valence-corrected chi connectivity index (χ0v) is 55.0. The molecule has 2 aliphatic rings. The van der Waals surface area contributed by atoms with E-state index in [1.54, 1.807) is 0 Å². The third kappa shape index (κ3) is 11.0. The summed E-state index contributed by atoms with van der Waals surface area (Å²) in [5, 5.41) is 2.51. The molecule has 0 bridgehead atoms. The summed E-state index contributed by atoms with van der Waals surface area (Å²) in [7, 11) is 0. The van der Waals surface area contributed by atoms with Gasteiger partial charge in [0.15, 0.2) is 0 Å². The SMILES string of the molecule is C1=CC2c3ccccc3N(c3ccccc3-c3ccc(N(c4ccccc4)c4cccc(-c5ccc(-c6ccccc6)cc5)c4)cc3)C2C=C1c1cccc(-c2ccc(N(c3ccc(-c4cccc(-n5c6ccccc6c6ccccc65)c4)cc3)c3ccccc3-c3ccccc3)cc2)c1. The number of benzene rings is 15. The van der Waals surface area contributed by atoms with Gasteiger partial charge in [-0.25, -0.2) is 0 Å². The Hall–Kier alpha value is -13.0. The van der Waals surface area contributed by atoms with Crippen molar-refractivity contribution in [3.8, 4) is 72.4 Å². The average Bonchev–Trinajstić information content (AvgIpc) is 1.56. The van der Waals surface area contributed by atoms with Crippen molar-refractivity contribution in [2.75, 3.05) is 14.7 Å². The average molecular weight is 1280 g/mol. The van der Waals surface area contributed by atoms with Crippen molar-refractivity contribution in [3.63, 3.8) is 0 Å². The number of hydrogen-bond acceptors (Lipinski definition) is 3. The van der Waals surface area contributed by atoms with E-state index >= 15 is 0 Å². The number of hydrogen-bond donors (Lipinski definition) is 0. The Labute approximate surface area is 584 Å². The number of anilines is 8. The Balaban J connectivity index is 0.642. The van der Waals surface area contributed by atoms with Crippen molar-refractivity contribution in [2.24, 2.45) is 0 Å². The molecule has 0 N–H and O–H groups in total. The molecule has 100 heavy (non-hydrogen) atoms. The molecule has 0 amide bonds. The van der Waals surface area contributed by atoms with E-state index in [9.17, 15) is 0 Å². The van der Waals surface area contributed by atoms with Crippen molar-refractivity contribution >= 4 is 72.9 Å². The maximum absolute atomic E-state index is 2.59. The van der Waals surface area contributed by atoms with E-state index in [0.717, 1.165) is 73.2 Å². The van der Waals surface area contributed by atoms with Gasteiger partial charge in [0.05, 0.1) is 22.8 Å². The van der Waals surface area contributed by atoms with Crippen LogP contribution >= 0.6 is 0 Å². The maximum atomic E-state index is 2.59. The van der Waals surface area contributed by atoms with Crippen molar-refractivity contribution in [1.29, 1.82) is 0 Å². The van der Waals surface area contributed by atoms with Crippen LogP contribution in [0, 0.1) is 0 Å². The van der Waals surface area contributed by atoms with Gasteiger partial charge in [0.2, 0.25) is 0 Å². The minimum Gasteiger partial charge on any atom is -0.333 e. The summed E-state index contributed by atoms with van der Waals surface area (Å²) in [6.07, 6.45) is 7.29. The largest absolute Gasteiger partial charge is 0.333 e. The van der Waals surface area contributed by atoms with Crippen LogP contribution in [0.1, 0.15) is 17.0 Å². The van der Waals surface area contributed by atoms with Crippen LogP contribution in [0.5, 0.6) is 0 Å². The van der Waals surface area contributed by atoms with Crippen LogP contribution in [-0.2, 0) is 0 Å². The third-order valence-corrected chi connectivity index (χ3v) is 20.1. The zero-order valence-electron chi connectivity index (χ0n) is 55.0. The summed E-state index contributed by atoms with van der Waals surface area (Å²) < 4.78 is 2.39. The van der Waals surface area contributed by atoms with Crippen LogP contribution < -0.4 is 14.7 Å². The van der Waals surface area contributed by atoms with Gasteiger partial charge in [0.25, 0.3) is 0 Å². The molecular weight excluding hydrogens is 1210 g/mol. The normalized spacial score (nSPS) is 13.8. The van der Waals surface area contributed by atoms with E-state index in [1.807, 2.05) is 0 Å². The first-order chi connectivity index (χ1) is 49.6. The molecule has 0 fully saturated rings. The Kier molecular flexibility index (Phi) is 15.4. The fourth-order valence-corrected chi connectivity index (χ4v) is 15.3. The van der Waals surface area contributed by atoms with Gasteiger partial charge in [-0.15, -0.1) is 0 Å². The second kappa shape index (κ2) is 25.9. The Morgan fingerprint density at radius 2 is 0.680 bits per heavy atom. The fourth-order valence-electron chi connectivity index (χ4n) is 15.3. The monoisotopic (exact) mass is 1280 g/mol. The van der Waals surface area contributed by atoms with Crippen molar-refractivity contribution in [2.45, 2.75) is 12.0 Å². The standard InChI is InChI=1S/C96H68N4/c1-4-23-67(24-5-1)68-45-47-69(48-46-68)76-29-21-33-83(64-76)97(79-31-8-3-9-32-79)80-60-53-73(54-61-80)86-36-11-16-41-92(86)100-95-44-19-14-39-89(95)90-62-55-78(66-96(90)100)75-28-20-27-74(63-75)70-49-56-81(57-50-70)98(91-40-15-10-35-85(91)72-25-6-2-7-26-72)82-58-51-71(52-59-82)77-30-22-34-84(65-77)99-93-42-17-12-37-87(93)88-38-13-18-43-94(88)99/h1-66,90,96H. The molecule has 2 atom stereocenters. The van der Waals surface area contributed by atoms with Gasteiger partial charge >= 0.3 is 0 Å². The number of para-hydroxylation sites is 6. The lowest BCUT2D eigenvalue weighted by Gasteiger charge is -2.32. The molecule has 2 unspecified atom stereocenters.